The van der Waals surface area contributed by atoms with Crippen LogP contribution in [0.25, 0.3) is 0 Å². The Kier molecular flexibility index (Phi) is 3.99. The van der Waals surface area contributed by atoms with E-state index in [1.807, 2.05) is 12.1 Å². The summed E-state index contributed by atoms with van der Waals surface area (Å²) in [4.78, 5) is 0. The van der Waals surface area contributed by atoms with Crippen molar-refractivity contribution in [2.45, 2.75) is 0 Å². The molecule has 0 aliphatic rings. The number of quaternary nitrogens is 1. The van der Waals surface area contributed by atoms with E-state index in [2.05, 4.69) is 21.1 Å². The Bertz CT molecular complexity index is 238. The number of hydrogen-bond donors (Lipinski definition) is 1. The fraction of sp³-hybridized carbons (Fsp3) is 0.333. The minimum Gasteiger partial charge on any atom is -0.508 e. The molecule has 1 aromatic rings. The fourth-order valence-corrected chi connectivity index (χ4v) is 0.900. The molecule has 0 unspecified atom stereocenters. The Morgan fingerprint density at radius 1 is 1.00 bits per heavy atom. The highest BCUT2D eigenvalue weighted by Gasteiger charge is 2.10. The Morgan fingerprint density at radius 2 is 1.42 bits per heavy atom. The minimum atomic E-state index is 0. The highest BCUT2D eigenvalue weighted by molar-refractivity contribution is 14.0. The van der Waals surface area contributed by atoms with Crippen LogP contribution in [0, 0.1) is 0 Å². The third-order valence-corrected chi connectivity index (χ3v) is 1.62. The summed E-state index contributed by atoms with van der Waals surface area (Å²) in [7, 11) is 6.27. The number of rotatable bonds is 1. The van der Waals surface area contributed by atoms with Gasteiger partial charge in [-0.3, -0.25) is 4.48 Å². The molecule has 0 spiro atoms. The molecule has 0 bridgehead atoms. The smallest absolute Gasteiger partial charge is 0.132 e. The van der Waals surface area contributed by atoms with E-state index in [9.17, 15) is 0 Å². The lowest BCUT2D eigenvalue weighted by molar-refractivity contribution is 0.468. The van der Waals surface area contributed by atoms with Gasteiger partial charge in [0.15, 0.2) is 0 Å². The van der Waals surface area contributed by atoms with E-state index in [0.29, 0.717) is 5.75 Å². The Hall–Kier alpha value is -0.290. The maximum absolute atomic E-state index is 9.02. The average molecular weight is 280 g/mol. The van der Waals surface area contributed by atoms with Crippen LogP contribution >= 0.6 is 24.0 Å². The molecule has 1 aromatic carbocycles. The highest BCUT2D eigenvalue weighted by Crippen LogP contribution is 2.19. The molecule has 0 aromatic heterocycles. The zero-order chi connectivity index (χ0) is 8.48. The largest absolute Gasteiger partial charge is 0.508 e. The predicted molar refractivity (Wildman–Crippen MR) is 63.1 cm³/mol. The summed E-state index contributed by atoms with van der Waals surface area (Å²) >= 11 is 0. The van der Waals surface area contributed by atoms with Crippen molar-refractivity contribution in [1.82, 2.24) is 4.48 Å². The number of hydrogen-bond acceptors (Lipinski definition) is 1. The third kappa shape index (κ3) is 2.98. The number of phenols is 1. The molecule has 0 aliphatic heterocycles. The summed E-state index contributed by atoms with van der Waals surface area (Å²) < 4.78 is 0.778. The fourth-order valence-electron chi connectivity index (χ4n) is 0.900. The van der Waals surface area contributed by atoms with E-state index < -0.39 is 0 Å². The van der Waals surface area contributed by atoms with Crippen LogP contribution in [0.4, 0.5) is 5.69 Å². The molecule has 0 saturated heterocycles. The average Bonchev–Trinajstić information content (AvgIpc) is 1.86. The monoisotopic (exact) mass is 280 g/mol. The Morgan fingerprint density at radius 3 is 1.75 bits per heavy atom. The molecule has 0 radical (unpaired) electrons. The van der Waals surface area contributed by atoms with Crippen molar-refractivity contribution < 1.29 is 5.11 Å². The first-order valence-electron chi connectivity index (χ1n) is 3.61. The van der Waals surface area contributed by atoms with Gasteiger partial charge in [-0.25, -0.2) is 0 Å². The van der Waals surface area contributed by atoms with Crippen molar-refractivity contribution in [2.75, 3.05) is 21.1 Å². The second-order valence-corrected chi connectivity index (χ2v) is 3.53. The summed E-state index contributed by atoms with van der Waals surface area (Å²) in [5.41, 5.74) is 1.18. The van der Waals surface area contributed by atoms with Gasteiger partial charge in [0.25, 0.3) is 0 Å². The molecule has 1 rings (SSSR count). The van der Waals surface area contributed by atoms with Crippen LogP contribution in [-0.2, 0) is 0 Å². The van der Waals surface area contributed by atoms with E-state index in [4.69, 9.17) is 5.11 Å². The molecular formula is C9H15INO+. The maximum atomic E-state index is 9.02. The van der Waals surface area contributed by atoms with E-state index in [0.717, 1.165) is 4.48 Å². The first-order chi connectivity index (χ1) is 5.00. The van der Waals surface area contributed by atoms with Crippen molar-refractivity contribution in [1.29, 1.82) is 0 Å². The van der Waals surface area contributed by atoms with Crippen molar-refractivity contribution >= 4 is 29.7 Å². The van der Waals surface area contributed by atoms with E-state index in [1.165, 1.54) is 5.69 Å². The zero-order valence-corrected chi connectivity index (χ0v) is 9.94. The minimum absolute atomic E-state index is 0. The molecule has 0 heterocycles. The maximum Gasteiger partial charge on any atom is 0.132 e. The van der Waals surface area contributed by atoms with Crippen LogP contribution in [0.15, 0.2) is 24.3 Å². The van der Waals surface area contributed by atoms with Crippen molar-refractivity contribution in [3.8, 4) is 5.75 Å². The highest BCUT2D eigenvalue weighted by atomic mass is 127. The SMILES string of the molecule is C[N+](C)(C)c1ccc(O)cc1.I. The van der Waals surface area contributed by atoms with Gasteiger partial charge in [0, 0.05) is 12.1 Å². The summed E-state index contributed by atoms with van der Waals surface area (Å²) in [6.45, 7) is 0. The van der Waals surface area contributed by atoms with Gasteiger partial charge in [-0.1, -0.05) is 0 Å². The molecule has 0 saturated carbocycles. The predicted octanol–water partition coefficient (Wildman–Crippen LogP) is 2.21. The molecule has 0 fully saturated rings. The van der Waals surface area contributed by atoms with Crippen LogP contribution in [-0.4, -0.2) is 26.2 Å². The standard InChI is InChI=1S/C9H13NO.HI/c1-10(2,3)8-4-6-9(11)7-5-8;/h4-7H,1-3H3;1H/p+1. The van der Waals surface area contributed by atoms with Gasteiger partial charge in [-0.15, -0.1) is 24.0 Å². The summed E-state index contributed by atoms with van der Waals surface area (Å²) in [6.07, 6.45) is 0. The third-order valence-electron chi connectivity index (χ3n) is 1.62. The van der Waals surface area contributed by atoms with Crippen LogP contribution in [0.3, 0.4) is 0 Å². The molecule has 68 valence electrons. The summed E-state index contributed by atoms with van der Waals surface area (Å²) in [5.74, 6) is 0.321. The normalized spacial score (nSPS) is 10.6. The van der Waals surface area contributed by atoms with Crippen LogP contribution in [0.2, 0.25) is 0 Å². The molecule has 12 heavy (non-hydrogen) atoms. The van der Waals surface area contributed by atoms with Crippen molar-refractivity contribution in [3.63, 3.8) is 0 Å². The number of halogens is 1. The topological polar surface area (TPSA) is 20.2 Å². The van der Waals surface area contributed by atoms with Gasteiger partial charge in [-0.2, -0.15) is 0 Å². The Balaban J connectivity index is 0.00000121. The quantitative estimate of drug-likeness (QED) is 0.617. The number of aromatic hydroxyl groups is 1. The van der Waals surface area contributed by atoms with Crippen molar-refractivity contribution in [3.05, 3.63) is 24.3 Å². The number of nitrogens with zero attached hydrogens (tertiary/aromatic N) is 1. The van der Waals surface area contributed by atoms with E-state index >= 15 is 0 Å². The first-order valence-corrected chi connectivity index (χ1v) is 3.61. The molecule has 0 atom stereocenters. The molecular weight excluding hydrogens is 265 g/mol. The van der Waals surface area contributed by atoms with Gasteiger partial charge in [-0.05, 0) is 12.1 Å². The Labute approximate surface area is 90.4 Å². The molecule has 0 amide bonds. The zero-order valence-electron chi connectivity index (χ0n) is 7.61. The van der Waals surface area contributed by atoms with Gasteiger partial charge in [0.2, 0.25) is 0 Å². The van der Waals surface area contributed by atoms with Gasteiger partial charge < -0.3 is 5.11 Å². The second-order valence-electron chi connectivity index (χ2n) is 3.53. The summed E-state index contributed by atoms with van der Waals surface area (Å²) in [6, 6.07) is 7.27. The summed E-state index contributed by atoms with van der Waals surface area (Å²) in [5, 5.41) is 9.02. The van der Waals surface area contributed by atoms with E-state index in [-0.39, 0.29) is 24.0 Å². The van der Waals surface area contributed by atoms with Gasteiger partial charge >= 0.3 is 0 Å². The number of phenolic OH excluding ortho intramolecular Hbond substituents is 1. The van der Waals surface area contributed by atoms with E-state index in [1.54, 1.807) is 12.1 Å². The number of benzene rings is 1. The van der Waals surface area contributed by atoms with Crippen molar-refractivity contribution in [2.24, 2.45) is 0 Å². The molecule has 2 nitrogen and oxygen atoms in total. The van der Waals surface area contributed by atoms with Crippen LogP contribution in [0.5, 0.6) is 5.75 Å². The van der Waals surface area contributed by atoms with Crippen LogP contribution < -0.4 is 4.48 Å². The van der Waals surface area contributed by atoms with Gasteiger partial charge in [0.1, 0.15) is 11.4 Å². The van der Waals surface area contributed by atoms with Crippen LogP contribution in [0.1, 0.15) is 0 Å². The molecule has 3 heteroatoms. The lowest BCUT2D eigenvalue weighted by Crippen LogP contribution is -2.34. The lowest BCUT2D eigenvalue weighted by atomic mass is 10.2. The molecule has 1 N–H and O–H groups in total. The second kappa shape index (κ2) is 4.09. The first kappa shape index (κ1) is 11.7. The van der Waals surface area contributed by atoms with Gasteiger partial charge in [0.05, 0.1) is 21.1 Å². The lowest BCUT2D eigenvalue weighted by Gasteiger charge is -2.22. The molecule has 0 aliphatic carbocycles.